The second-order valence-electron chi connectivity index (χ2n) is 3.83. The van der Waals surface area contributed by atoms with Crippen molar-refractivity contribution in [2.45, 2.75) is 36.4 Å². The molecular formula is C12H16OS. The molecule has 14 heavy (non-hydrogen) atoms. The third-order valence-electron chi connectivity index (χ3n) is 2.72. The zero-order valence-electron chi connectivity index (χ0n) is 8.23. The molecule has 2 heteroatoms. The van der Waals surface area contributed by atoms with Gasteiger partial charge in [0.1, 0.15) is 0 Å². The average Bonchev–Trinajstić information content (AvgIpc) is 2.63. The molecule has 1 saturated carbocycles. The van der Waals surface area contributed by atoms with E-state index in [9.17, 15) is 5.11 Å². The summed E-state index contributed by atoms with van der Waals surface area (Å²) in [7, 11) is 0. The van der Waals surface area contributed by atoms with Gasteiger partial charge in [0, 0.05) is 11.0 Å². The number of thioether (sulfide) groups is 1. The predicted octanol–water partition coefficient (Wildman–Crippen LogP) is 2.83. The number of hydrogen-bond acceptors (Lipinski definition) is 2. The van der Waals surface area contributed by atoms with E-state index in [1.165, 1.54) is 18.4 Å². The number of hydrogen-bond donors (Lipinski definition) is 1. The van der Waals surface area contributed by atoms with Gasteiger partial charge in [-0.25, -0.2) is 0 Å². The SMILES string of the molecule is OC1CCCC1SCc1ccccc1. The molecule has 1 aliphatic rings. The van der Waals surface area contributed by atoms with Crippen molar-refractivity contribution in [2.24, 2.45) is 0 Å². The molecule has 1 N–H and O–H groups in total. The van der Waals surface area contributed by atoms with Crippen molar-refractivity contribution in [3.8, 4) is 0 Å². The monoisotopic (exact) mass is 208 g/mol. The molecule has 76 valence electrons. The van der Waals surface area contributed by atoms with E-state index in [4.69, 9.17) is 0 Å². The lowest BCUT2D eigenvalue weighted by Crippen LogP contribution is -2.15. The Hall–Kier alpha value is -0.470. The Bertz CT molecular complexity index is 273. The lowest BCUT2D eigenvalue weighted by atomic mass is 10.2. The largest absolute Gasteiger partial charge is 0.392 e. The molecule has 0 aromatic heterocycles. The normalized spacial score (nSPS) is 26.6. The Morgan fingerprint density at radius 1 is 1.21 bits per heavy atom. The molecule has 2 rings (SSSR count). The molecule has 2 atom stereocenters. The van der Waals surface area contributed by atoms with Gasteiger partial charge in [0.2, 0.25) is 0 Å². The fourth-order valence-electron chi connectivity index (χ4n) is 1.88. The molecule has 1 aliphatic carbocycles. The maximum Gasteiger partial charge on any atom is 0.0658 e. The van der Waals surface area contributed by atoms with Crippen molar-refractivity contribution < 1.29 is 5.11 Å². The molecule has 0 spiro atoms. The van der Waals surface area contributed by atoms with Crippen molar-refractivity contribution in [1.82, 2.24) is 0 Å². The van der Waals surface area contributed by atoms with E-state index in [0.717, 1.165) is 12.2 Å². The highest BCUT2D eigenvalue weighted by Crippen LogP contribution is 2.31. The first-order chi connectivity index (χ1) is 6.86. The first kappa shape index (κ1) is 10.1. The lowest BCUT2D eigenvalue weighted by molar-refractivity contribution is 0.188. The Kier molecular flexibility index (Phi) is 3.49. The van der Waals surface area contributed by atoms with Crippen LogP contribution in [0.3, 0.4) is 0 Å². The smallest absolute Gasteiger partial charge is 0.0658 e. The van der Waals surface area contributed by atoms with E-state index in [0.29, 0.717) is 5.25 Å². The van der Waals surface area contributed by atoms with Crippen LogP contribution in [-0.4, -0.2) is 16.5 Å². The summed E-state index contributed by atoms with van der Waals surface area (Å²) in [6.07, 6.45) is 3.29. The molecular weight excluding hydrogens is 192 g/mol. The third-order valence-corrected chi connectivity index (χ3v) is 4.20. The minimum absolute atomic E-state index is 0.0660. The standard InChI is InChI=1S/C12H16OS/c13-11-7-4-8-12(11)14-9-10-5-2-1-3-6-10/h1-3,5-6,11-13H,4,7-9H2. The second-order valence-corrected chi connectivity index (χ2v) is 5.06. The van der Waals surface area contributed by atoms with Crippen LogP contribution in [0.15, 0.2) is 30.3 Å². The first-order valence-electron chi connectivity index (χ1n) is 5.20. The fourth-order valence-corrected chi connectivity index (χ4v) is 3.17. The van der Waals surface area contributed by atoms with E-state index < -0.39 is 0 Å². The zero-order valence-corrected chi connectivity index (χ0v) is 9.04. The van der Waals surface area contributed by atoms with Crippen molar-refractivity contribution in [2.75, 3.05) is 0 Å². The number of aliphatic hydroxyl groups excluding tert-OH is 1. The van der Waals surface area contributed by atoms with E-state index in [1.807, 2.05) is 17.8 Å². The fraction of sp³-hybridized carbons (Fsp3) is 0.500. The van der Waals surface area contributed by atoms with Crippen LogP contribution in [0.4, 0.5) is 0 Å². The summed E-state index contributed by atoms with van der Waals surface area (Å²) in [4.78, 5) is 0. The van der Waals surface area contributed by atoms with Crippen molar-refractivity contribution in [3.05, 3.63) is 35.9 Å². The van der Waals surface area contributed by atoms with Crippen LogP contribution >= 0.6 is 11.8 Å². The summed E-state index contributed by atoms with van der Waals surface area (Å²) < 4.78 is 0. The number of rotatable bonds is 3. The zero-order chi connectivity index (χ0) is 9.80. The maximum absolute atomic E-state index is 9.65. The van der Waals surface area contributed by atoms with E-state index in [2.05, 4.69) is 24.3 Å². The molecule has 0 amide bonds. The van der Waals surface area contributed by atoms with Crippen molar-refractivity contribution in [1.29, 1.82) is 0 Å². The van der Waals surface area contributed by atoms with Crippen molar-refractivity contribution in [3.63, 3.8) is 0 Å². The van der Waals surface area contributed by atoms with E-state index in [-0.39, 0.29) is 6.10 Å². The third kappa shape index (κ3) is 2.52. The summed E-state index contributed by atoms with van der Waals surface area (Å²) >= 11 is 1.90. The van der Waals surface area contributed by atoms with Crippen LogP contribution in [0.2, 0.25) is 0 Å². The van der Waals surface area contributed by atoms with Gasteiger partial charge in [-0.05, 0) is 24.8 Å². The van der Waals surface area contributed by atoms with Gasteiger partial charge in [0.15, 0.2) is 0 Å². The quantitative estimate of drug-likeness (QED) is 0.824. The molecule has 1 aromatic carbocycles. The molecule has 2 unspecified atom stereocenters. The highest BCUT2D eigenvalue weighted by molar-refractivity contribution is 7.99. The topological polar surface area (TPSA) is 20.2 Å². The minimum Gasteiger partial charge on any atom is -0.392 e. The van der Waals surface area contributed by atoms with Gasteiger partial charge in [-0.3, -0.25) is 0 Å². The second kappa shape index (κ2) is 4.85. The van der Waals surface area contributed by atoms with Gasteiger partial charge < -0.3 is 5.11 Å². The number of aliphatic hydroxyl groups is 1. The Labute approximate surface area is 89.5 Å². The lowest BCUT2D eigenvalue weighted by Gasteiger charge is -2.13. The molecule has 0 heterocycles. The molecule has 0 saturated heterocycles. The van der Waals surface area contributed by atoms with E-state index in [1.54, 1.807) is 0 Å². The maximum atomic E-state index is 9.65. The molecule has 1 fully saturated rings. The van der Waals surface area contributed by atoms with Crippen molar-refractivity contribution >= 4 is 11.8 Å². The van der Waals surface area contributed by atoms with E-state index >= 15 is 0 Å². The molecule has 1 aromatic rings. The highest BCUT2D eigenvalue weighted by atomic mass is 32.2. The van der Waals surface area contributed by atoms with Gasteiger partial charge in [-0.15, -0.1) is 0 Å². The van der Waals surface area contributed by atoms with Crippen LogP contribution in [0, 0.1) is 0 Å². The van der Waals surface area contributed by atoms with Crippen LogP contribution in [0.25, 0.3) is 0 Å². The summed E-state index contributed by atoms with van der Waals surface area (Å²) in [6, 6.07) is 10.5. The summed E-state index contributed by atoms with van der Waals surface area (Å²) in [5.74, 6) is 1.03. The molecule has 0 radical (unpaired) electrons. The highest BCUT2D eigenvalue weighted by Gasteiger charge is 2.25. The Morgan fingerprint density at radius 2 is 2.00 bits per heavy atom. The minimum atomic E-state index is -0.0660. The predicted molar refractivity (Wildman–Crippen MR) is 61.4 cm³/mol. The van der Waals surface area contributed by atoms with Crippen LogP contribution in [0.1, 0.15) is 24.8 Å². The van der Waals surface area contributed by atoms with Crippen LogP contribution in [0.5, 0.6) is 0 Å². The van der Waals surface area contributed by atoms with Crippen LogP contribution < -0.4 is 0 Å². The summed E-state index contributed by atoms with van der Waals surface area (Å²) in [6.45, 7) is 0. The van der Waals surface area contributed by atoms with Gasteiger partial charge >= 0.3 is 0 Å². The van der Waals surface area contributed by atoms with Gasteiger partial charge in [0.05, 0.1) is 6.10 Å². The Morgan fingerprint density at radius 3 is 2.64 bits per heavy atom. The first-order valence-corrected chi connectivity index (χ1v) is 6.25. The number of benzene rings is 1. The average molecular weight is 208 g/mol. The van der Waals surface area contributed by atoms with Gasteiger partial charge in [-0.2, -0.15) is 11.8 Å². The Balaban J connectivity index is 1.82. The molecule has 0 bridgehead atoms. The van der Waals surface area contributed by atoms with Gasteiger partial charge in [-0.1, -0.05) is 30.3 Å². The molecule has 1 nitrogen and oxygen atoms in total. The summed E-state index contributed by atoms with van der Waals surface area (Å²) in [5.41, 5.74) is 1.36. The van der Waals surface area contributed by atoms with Crippen LogP contribution in [-0.2, 0) is 5.75 Å². The molecule has 0 aliphatic heterocycles. The summed E-state index contributed by atoms with van der Waals surface area (Å²) in [5, 5.41) is 10.1. The van der Waals surface area contributed by atoms with Gasteiger partial charge in [0.25, 0.3) is 0 Å².